The molecular formula is C14H14N2O2S. The summed E-state index contributed by atoms with van der Waals surface area (Å²) in [7, 11) is 1.97. The predicted molar refractivity (Wildman–Crippen MR) is 77.3 cm³/mol. The molecule has 4 nitrogen and oxygen atoms in total. The van der Waals surface area contributed by atoms with E-state index in [4.69, 9.17) is 5.11 Å². The summed E-state index contributed by atoms with van der Waals surface area (Å²) in [5.41, 5.74) is 4.67. The van der Waals surface area contributed by atoms with Gasteiger partial charge in [0.25, 0.3) is 0 Å². The fourth-order valence-electron chi connectivity index (χ4n) is 1.78. The fraction of sp³-hybridized carbons (Fsp3) is 0.143. The molecule has 5 heteroatoms. The van der Waals surface area contributed by atoms with Gasteiger partial charge >= 0.3 is 5.97 Å². The van der Waals surface area contributed by atoms with E-state index < -0.39 is 5.97 Å². The summed E-state index contributed by atoms with van der Waals surface area (Å²) < 4.78 is 0. The standard InChI is InChI=1S/C14H14N2O2S/c1-16(8-12-9-19-10-15-12)13-5-3-2-4-11(13)6-7-14(17)18/h2-7,9-10H,8H2,1H3,(H,17,18). The van der Waals surface area contributed by atoms with Gasteiger partial charge in [-0.25, -0.2) is 9.78 Å². The zero-order chi connectivity index (χ0) is 13.7. The van der Waals surface area contributed by atoms with Gasteiger partial charge in [0.2, 0.25) is 0 Å². The molecule has 0 aliphatic heterocycles. The quantitative estimate of drug-likeness (QED) is 0.852. The molecule has 0 aliphatic carbocycles. The van der Waals surface area contributed by atoms with Crippen molar-refractivity contribution >= 4 is 29.1 Å². The van der Waals surface area contributed by atoms with E-state index in [1.54, 1.807) is 22.9 Å². The lowest BCUT2D eigenvalue weighted by Gasteiger charge is -2.20. The number of carboxylic acid groups (broad SMARTS) is 1. The van der Waals surface area contributed by atoms with Crippen LogP contribution in [0.3, 0.4) is 0 Å². The van der Waals surface area contributed by atoms with E-state index >= 15 is 0 Å². The molecule has 1 aromatic heterocycles. The SMILES string of the molecule is CN(Cc1cscn1)c1ccccc1C=CC(=O)O. The van der Waals surface area contributed by atoms with Crippen molar-refractivity contribution in [1.29, 1.82) is 0 Å². The van der Waals surface area contributed by atoms with Crippen LogP contribution in [-0.4, -0.2) is 23.1 Å². The highest BCUT2D eigenvalue weighted by atomic mass is 32.1. The maximum Gasteiger partial charge on any atom is 0.328 e. The normalized spacial score (nSPS) is 10.8. The molecule has 0 bridgehead atoms. The van der Waals surface area contributed by atoms with Gasteiger partial charge in [-0.2, -0.15) is 0 Å². The zero-order valence-electron chi connectivity index (χ0n) is 10.5. The van der Waals surface area contributed by atoms with Crippen molar-refractivity contribution < 1.29 is 9.90 Å². The van der Waals surface area contributed by atoms with E-state index in [9.17, 15) is 4.79 Å². The maximum absolute atomic E-state index is 10.6. The minimum absolute atomic E-state index is 0.696. The molecule has 19 heavy (non-hydrogen) atoms. The van der Waals surface area contributed by atoms with E-state index in [-0.39, 0.29) is 0 Å². The van der Waals surface area contributed by atoms with Crippen LogP contribution in [0.15, 0.2) is 41.2 Å². The molecule has 1 heterocycles. The van der Waals surface area contributed by atoms with Gasteiger partial charge < -0.3 is 10.0 Å². The molecule has 0 atom stereocenters. The number of hydrogen-bond donors (Lipinski definition) is 1. The molecule has 0 aliphatic rings. The lowest BCUT2D eigenvalue weighted by Crippen LogP contribution is -2.17. The molecule has 0 saturated carbocycles. The minimum Gasteiger partial charge on any atom is -0.478 e. The summed E-state index contributed by atoms with van der Waals surface area (Å²) in [6.07, 6.45) is 2.75. The first-order chi connectivity index (χ1) is 9.16. The van der Waals surface area contributed by atoms with Crippen LogP contribution in [-0.2, 0) is 11.3 Å². The molecule has 0 spiro atoms. The number of aliphatic carboxylic acids is 1. The van der Waals surface area contributed by atoms with Crippen molar-refractivity contribution in [2.24, 2.45) is 0 Å². The van der Waals surface area contributed by atoms with Gasteiger partial charge in [0.05, 0.1) is 17.7 Å². The highest BCUT2D eigenvalue weighted by Crippen LogP contribution is 2.22. The number of anilines is 1. The van der Waals surface area contributed by atoms with Crippen LogP contribution in [0.25, 0.3) is 6.08 Å². The van der Waals surface area contributed by atoms with Crippen molar-refractivity contribution in [3.8, 4) is 0 Å². The Balaban J connectivity index is 2.21. The van der Waals surface area contributed by atoms with Gasteiger partial charge in [-0.3, -0.25) is 0 Å². The summed E-state index contributed by atoms with van der Waals surface area (Å²) >= 11 is 1.57. The van der Waals surface area contributed by atoms with E-state index in [1.165, 1.54) is 0 Å². The first-order valence-electron chi connectivity index (χ1n) is 5.75. The number of nitrogens with zero attached hydrogens (tertiary/aromatic N) is 2. The van der Waals surface area contributed by atoms with Crippen LogP contribution >= 0.6 is 11.3 Å². The highest BCUT2D eigenvalue weighted by molar-refractivity contribution is 7.07. The van der Waals surface area contributed by atoms with Gasteiger partial charge in [0.15, 0.2) is 0 Å². The lowest BCUT2D eigenvalue weighted by atomic mass is 10.1. The average Bonchev–Trinajstić information content (AvgIpc) is 2.89. The van der Waals surface area contributed by atoms with Crippen molar-refractivity contribution in [3.05, 3.63) is 52.5 Å². The molecule has 0 radical (unpaired) electrons. The smallest absolute Gasteiger partial charge is 0.328 e. The third-order valence-electron chi connectivity index (χ3n) is 2.64. The molecule has 98 valence electrons. The fourth-order valence-corrected chi connectivity index (χ4v) is 2.33. The molecule has 0 unspecified atom stereocenters. The Morgan fingerprint density at radius 1 is 1.47 bits per heavy atom. The molecule has 0 saturated heterocycles. The maximum atomic E-state index is 10.6. The molecule has 1 aromatic carbocycles. The first-order valence-corrected chi connectivity index (χ1v) is 6.69. The number of hydrogen-bond acceptors (Lipinski definition) is 4. The summed E-state index contributed by atoms with van der Waals surface area (Å²) in [6, 6.07) is 7.69. The van der Waals surface area contributed by atoms with Crippen LogP contribution in [0, 0.1) is 0 Å². The first kappa shape index (κ1) is 13.3. The van der Waals surface area contributed by atoms with Crippen molar-refractivity contribution in [3.63, 3.8) is 0 Å². The highest BCUT2D eigenvalue weighted by Gasteiger charge is 2.07. The van der Waals surface area contributed by atoms with Gasteiger partial charge in [0, 0.05) is 24.2 Å². The second kappa shape index (κ2) is 6.15. The van der Waals surface area contributed by atoms with E-state index in [2.05, 4.69) is 9.88 Å². The van der Waals surface area contributed by atoms with Gasteiger partial charge in [-0.1, -0.05) is 18.2 Å². The predicted octanol–water partition coefficient (Wildman–Crippen LogP) is 2.88. The Hall–Kier alpha value is -2.14. The summed E-state index contributed by atoms with van der Waals surface area (Å²) in [4.78, 5) is 16.9. The Kier molecular flexibility index (Phi) is 4.30. The minimum atomic E-state index is -0.947. The number of carboxylic acids is 1. The van der Waals surface area contributed by atoms with E-state index in [0.717, 1.165) is 23.0 Å². The Bertz CT molecular complexity index is 579. The number of carbonyl (C=O) groups is 1. The summed E-state index contributed by atoms with van der Waals surface area (Å²) in [6.45, 7) is 0.696. The zero-order valence-corrected chi connectivity index (χ0v) is 11.3. The number of thiazole rings is 1. The molecule has 2 rings (SSSR count). The average molecular weight is 274 g/mol. The van der Waals surface area contributed by atoms with Crippen LogP contribution in [0.2, 0.25) is 0 Å². The summed E-state index contributed by atoms with van der Waals surface area (Å²) in [5, 5.41) is 10.7. The topological polar surface area (TPSA) is 53.4 Å². The Morgan fingerprint density at radius 2 is 2.26 bits per heavy atom. The van der Waals surface area contributed by atoms with Gasteiger partial charge in [-0.05, 0) is 17.7 Å². The molecule has 1 N–H and O–H groups in total. The third-order valence-corrected chi connectivity index (χ3v) is 3.27. The number of benzene rings is 1. The number of para-hydroxylation sites is 1. The molecule has 2 aromatic rings. The van der Waals surface area contributed by atoms with Crippen molar-refractivity contribution in [2.75, 3.05) is 11.9 Å². The number of aromatic nitrogens is 1. The van der Waals surface area contributed by atoms with Crippen LogP contribution < -0.4 is 4.90 Å². The van der Waals surface area contributed by atoms with Crippen LogP contribution in [0.5, 0.6) is 0 Å². The van der Waals surface area contributed by atoms with Gasteiger partial charge in [0.1, 0.15) is 0 Å². The molecule has 0 fully saturated rings. The third kappa shape index (κ3) is 3.66. The van der Waals surface area contributed by atoms with E-state index in [1.807, 2.05) is 36.7 Å². The van der Waals surface area contributed by atoms with Crippen molar-refractivity contribution in [2.45, 2.75) is 6.54 Å². The van der Waals surface area contributed by atoms with Crippen LogP contribution in [0.1, 0.15) is 11.3 Å². The molecular weight excluding hydrogens is 260 g/mol. The monoisotopic (exact) mass is 274 g/mol. The number of rotatable bonds is 5. The van der Waals surface area contributed by atoms with E-state index in [0.29, 0.717) is 6.54 Å². The lowest BCUT2D eigenvalue weighted by molar-refractivity contribution is -0.131. The molecule has 0 amide bonds. The largest absolute Gasteiger partial charge is 0.478 e. The van der Waals surface area contributed by atoms with Crippen molar-refractivity contribution in [1.82, 2.24) is 4.98 Å². The Labute approximate surface area is 115 Å². The summed E-state index contributed by atoms with van der Waals surface area (Å²) in [5.74, 6) is -0.947. The Morgan fingerprint density at radius 3 is 2.95 bits per heavy atom. The van der Waals surface area contributed by atoms with Crippen LogP contribution in [0.4, 0.5) is 5.69 Å². The van der Waals surface area contributed by atoms with Gasteiger partial charge in [-0.15, -0.1) is 11.3 Å². The second-order valence-corrected chi connectivity index (χ2v) is 4.78. The second-order valence-electron chi connectivity index (χ2n) is 4.07.